The van der Waals surface area contributed by atoms with Crippen molar-refractivity contribution in [3.8, 4) is 0 Å². The van der Waals surface area contributed by atoms with E-state index in [1.807, 2.05) is 6.07 Å². The first kappa shape index (κ1) is 21.8. The molecule has 0 radical (unpaired) electrons. The van der Waals surface area contributed by atoms with Crippen LogP contribution in [0.1, 0.15) is 36.9 Å². The van der Waals surface area contributed by atoms with E-state index >= 15 is 0 Å². The van der Waals surface area contributed by atoms with Crippen LogP contribution in [0, 0.1) is 5.92 Å². The van der Waals surface area contributed by atoms with E-state index in [-0.39, 0.29) is 12.4 Å². The Balaban J connectivity index is 2.03. The molecular formula is C22H23NO6. The second kappa shape index (κ2) is 10.8. The minimum atomic E-state index is -1.22. The van der Waals surface area contributed by atoms with Crippen molar-refractivity contribution < 1.29 is 29.0 Å². The quantitative estimate of drug-likeness (QED) is 0.597. The first-order valence-electron chi connectivity index (χ1n) is 9.14. The lowest BCUT2D eigenvalue weighted by Crippen LogP contribution is -2.38. The Morgan fingerprint density at radius 1 is 0.931 bits per heavy atom. The van der Waals surface area contributed by atoms with Crippen molar-refractivity contribution in [1.29, 1.82) is 0 Å². The van der Waals surface area contributed by atoms with E-state index in [1.54, 1.807) is 54.6 Å². The van der Waals surface area contributed by atoms with Crippen LogP contribution in [0.15, 0.2) is 60.7 Å². The molecule has 2 aromatic carbocycles. The number of carboxylic acids is 1. The van der Waals surface area contributed by atoms with Gasteiger partial charge in [0.25, 0.3) is 0 Å². The Bertz CT molecular complexity index is 850. The Morgan fingerprint density at radius 2 is 1.52 bits per heavy atom. The molecule has 2 N–H and O–H groups in total. The van der Waals surface area contributed by atoms with Gasteiger partial charge in [-0.1, -0.05) is 60.7 Å². The molecule has 0 aromatic heterocycles. The van der Waals surface area contributed by atoms with E-state index in [9.17, 15) is 19.2 Å². The Labute approximate surface area is 168 Å². The number of hydrogen-bond acceptors (Lipinski definition) is 5. The molecular weight excluding hydrogens is 374 g/mol. The Kier molecular flexibility index (Phi) is 8.09. The van der Waals surface area contributed by atoms with Crippen molar-refractivity contribution in [1.82, 2.24) is 5.32 Å². The minimum absolute atomic E-state index is 0.0289. The second-order valence-electron chi connectivity index (χ2n) is 6.61. The van der Waals surface area contributed by atoms with Crippen molar-refractivity contribution in [3.05, 3.63) is 71.8 Å². The lowest BCUT2D eigenvalue weighted by molar-refractivity contribution is -0.150. The summed E-state index contributed by atoms with van der Waals surface area (Å²) in [6.07, 6.45) is -0.948. The van der Waals surface area contributed by atoms with Crippen LogP contribution in [0.4, 0.5) is 0 Å². The molecule has 0 heterocycles. The predicted molar refractivity (Wildman–Crippen MR) is 105 cm³/mol. The van der Waals surface area contributed by atoms with Crippen LogP contribution in [0.25, 0.3) is 0 Å². The lowest BCUT2D eigenvalue weighted by atomic mass is 9.97. The smallest absolute Gasteiger partial charge is 0.306 e. The summed E-state index contributed by atoms with van der Waals surface area (Å²) in [5.74, 6) is -4.05. The number of aliphatic carboxylic acids is 1. The Hall–Kier alpha value is -3.48. The van der Waals surface area contributed by atoms with E-state index in [0.717, 1.165) is 5.56 Å². The first-order chi connectivity index (χ1) is 13.9. The van der Waals surface area contributed by atoms with Gasteiger partial charge in [-0.05, 0) is 18.1 Å². The molecule has 2 aromatic rings. The van der Waals surface area contributed by atoms with Gasteiger partial charge in [0.1, 0.15) is 12.6 Å². The third-order valence-electron chi connectivity index (χ3n) is 4.27. The summed E-state index contributed by atoms with van der Waals surface area (Å²) in [4.78, 5) is 47.9. The van der Waals surface area contributed by atoms with Gasteiger partial charge in [-0.25, -0.2) is 0 Å². The number of carboxylic acid groups (broad SMARTS) is 1. The van der Waals surface area contributed by atoms with Gasteiger partial charge in [-0.3, -0.25) is 19.2 Å². The van der Waals surface area contributed by atoms with Crippen LogP contribution < -0.4 is 5.32 Å². The van der Waals surface area contributed by atoms with Crippen molar-refractivity contribution in [2.45, 2.75) is 32.4 Å². The molecule has 152 valence electrons. The molecule has 2 atom stereocenters. The molecule has 7 heteroatoms. The number of nitrogens with one attached hydrogen (secondary N) is 1. The first-order valence-corrected chi connectivity index (χ1v) is 9.14. The fourth-order valence-corrected chi connectivity index (χ4v) is 2.79. The zero-order valence-electron chi connectivity index (χ0n) is 16.0. The molecule has 0 aliphatic heterocycles. The fraction of sp³-hybridized carbons (Fsp3) is 0.273. The van der Waals surface area contributed by atoms with Crippen LogP contribution in [0.3, 0.4) is 0 Å². The molecule has 0 aliphatic carbocycles. The van der Waals surface area contributed by atoms with Crippen LogP contribution in [0.5, 0.6) is 0 Å². The van der Waals surface area contributed by atoms with E-state index in [2.05, 4.69) is 5.32 Å². The van der Waals surface area contributed by atoms with Gasteiger partial charge in [-0.15, -0.1) is 0 Å². The number of ketones is 1. The number of hydrogen-bond donors (Lipinski definition) is 2. The van der Waals surface area contributed by atoms with Crippen molar-refractivity contribution >= 4 is 23.6 Å². The van der Waals surface area contributed by atoms with E-state index in [1.165, 1.54) is 6.92 Å². The summed E-state index contributed by atoms with van der Waals surface area (Å²) >= 11 is 0. The monoisotopic (exact) mass is 397 g/mol. The molecule has 29 heavy (non-hydrogen) atoms. The van der Waals surface area contributed by atoms with Gasteiger partial charge >= 0.3 is 11.9 Å². The van der Waals surface area contributed by atoms with Gasteiger partial charge in [0.15, 0.2) is 5.78 Å². The minimum Gasteiger partial charge on any atom is -0.481 e. The maximum Gasteiger partial charge on any atom is 0.306 e. The average molecular weight is 397 g/mol. The molecule has 0 fully saturated rings. The summed E-state index contributed by atoms with van der Waals surface area (Å²) in [5, 5.41) is 11.7. The second-order valence-corrected chi connectivity index (χ2v) is 6.61. The van der Waals surface area contributed by atoms with E-state index in [0.29, 0.717) is 5.56 Å². The van der Waals surface area contributed by atoms with Crippen molar-refractivity contribution in [2.24, 2.45) is 5.92 Å². The molecule has 7 nitrogen and oxygen atoms in total. The van der Waals surface area contributed by atoms with Crippen LogP contribution in [-0.4, -0.2) is 28.7 Å². The van der Waals surface area contributed by atoms with Crippen molar-refractivity contribution in [3.63, 3.8) is 0 Å². The number of carbonyl (C=O) groups excluding carboxylic acids is 3. The van der Waals surface area contributed by atoms with E-state index in [4.69, 9.17) is 9.84 Å². The maximum atomic E-state index is 12.6. The zero-order chi connectivity index (χ0) is 21.2. The molecule has 0 aliphatic rings. The largest absolute Gasteiger partial charge is 0.481 e. The number of Topliss-reactive ketones (excluding diaryl/α,β-unsaturated/α-hetero) is 1. The SMILES string of the molecule is CC(=O)[C@@H](NC(=O)[C@H](CC(=O)O)CC(=O)OCc1ccccc1)c1ccccc1. The highest BCUT2D eigenvalue weighted by molar-refractivity contribution is 5.92. The number of benzene rings is 2. The highest BCUT2D eigenvalue weighted by Crippen LogP contribution is 2.18. The zero-order valence-corrected chi connectivity index (χ0v) is 16.0. The summed E-state index contributed by atoms with van der Waals surface area (Å²) in [6, 6.07) is 16.7. The van der Waals surface area contributed by atoms with Crippen LogP contribution >= 0.6 is 0 Å². The molecule has 0 bridgehead atoms. The van der Waals surface area contributed by atoms with E-state index < -0.39 is 42.6 Å². The predicted octanol–water partition coefficient (Wildman–Crippen LogP) is 2.66. The summed E-state index contributed by atoms with van der Waals surface area (Å²) in [5.41, 5.74) is 1.36. The number of ether oxygens (including phenoxy) is 1. The molecule has 1 amide bonds. The number of carbonyl (C=O) groups is 4. The van der Waals surface area contributed by atoms with Gasteiger partial charge < -0.3 is 15.2 Å². The standard InChI is InChI=1S/C22H23NO6/c1-15(24)21(17-10-6-3-7-11-17)23-22(28)18(12-19(25)26)13-20(27)29-14-16-8-4-2-5-9-16/h2-11,18,21H,12-14H2,1H3,(H,23,28)(H,25,26)/t18-,21-/m1/s1. The summed E-state index contributed by atoms with van der Waals surface area (Å²) in [6.45, 7) is 1.36. The van der Waals surface area contributed by atoms with Gasteiger partial charge in [0.2, 0.25) is 5.91 Å². The topological polar surface area (TPSA) is 110 Å². The number of amides is 1. The molecule has 0 spiro atoms. The maximum absolute atomic E-state index is 12.6. The average Bonchev–Trinajstić information content (AvgIpc) is 2.70. The third kappa shape index (κ3) is 7.21. The Morgan fingerprint density at radius 3 is 2.07 bits per heavy atom. The molecule has 0 unspecified atom stereocenters. The van der Waals surface area contributed by atoms with Crippen LogP contribution in [0.2, 0.25) is 0 Å². The molecule has 0 saturated heterocycles. The highest BCUT2D eigenvalue weighted by atomic mass is 16.5. The van der Waals surface area contributed by atoms with Gasteiger partial charge in [0.05, 0.1) is 18.8 Å². The fourth-order valence-electron chi connectivity index (χ4n) is 2.79. The molecule has 2 rings (SSSR count). The molecule has 0 saturated carbocycles. The number of esters is 1. The third-order valence-corrected chi connectivity index (χ3v) is 4.27. The van der Waals surface area contributed by atoms with Crippen LogP contribution in [-0.2, 0) is 30.5 Å². The number of rotatable bonds is 10. The summed E-state index contributed by atoms with van der Waals surface area (Å²) in [7, 11) is 0. The lowest BCUT2D eigenvalue weighted by Gasteiger charge is -2.20. The summed E-state index contributed by atoms with van der Waals surface area (Å²) < 4.78 is 5.15. The normalized spacial score (nSPS) is 12.4. The highest BCUT2D eigenvalue weighted by Gasteiger charge is 2.29. The van der Waals surface area contributed by atoms with Gasteiger partial charge in [0, 0.05) is 0 Å². The van der Waals surface area contributed by atoms with Crippen molar-refractivity contribution in [2.75, 3.05) is 0 Å². The van der Waals surface area contributed by atoms with Gasteiger partial charge in [-0.2, -0.15) is 0 Å².